The van der Waals surface area contributed by atoms with Gasteiger partial charge < -0.3 is 0 Å². The summed E-state index contributed by atoms with van der Waals surface area (Å²) in [5, 5.41) is 9.32. The summed E-state index contributed by atoms with van der Waals surface area (Å²) in [6.45, 7) is 4.28. The Bertz CT molecular complexity index is 729. The van der Waals surface area contributed by atoms with Gasteiger partial charge in [-0.2, -0.15) is 9.57 Å². The number of fused-ring (bicyclic) bond motifs is 1. The molecule has 2 heterocycles. The van der Waals surface area contributed by atoms with E-state index in [0.29, 0.717) is 12.6 Å². The molecule has 2 fully saturated rings. The molecule has 2 unspecified atom stereocenters. The summed E-state index contributed by atoms with van der Waals surface area (Å²) in [6, 6.07) is 6.50. The molecular weight excluding hydrogens is 322 g/mol. The molecule has 0 radical (unpaired) electrons. The molecule has 0 saturated carbocycles. The SMILES string of the molecule is CC1CN2CCCC2CN1S(=O)(=O)c1ccc(Cl)c(C#N)c1. The molecule has 0 bridgehead atoms. The summed E-state index contributed by atoms with van der Waals surface area (Å²) >= 11 is 5.90. The van der Waals surface area contributed by atoms with E-state index in [1.54, 1.807) is 4.31 Å². The average Bonchev–Trinajstić information content (AvgIpc) is 2.93. The van der Waals surface area contributed by atoms with Crippen LogP contribution in [0.1, 0.15) is 25.3 Å². The van der Waals surface area contributed by atoms with E-state index in [2.05, 4.69) is 4.90 Å². The fourth-order valence-electron chi connectivity index (χ4n) is 3.38. The van der Waals surface area contributed by atoms with Crippen LogP contribution in [0.2, 0.25) is 5.02 Å². The summed E-state index contributed by atoms with van der Waals surface area (Å²) in [5.41, 5.74) is 0.190. The molecule has 0 aliphatic carbocycles. The predicted octanol–water partition coefficient (Wildman–Crippen LogP) is 2.07. The monoisotopic (exact) mass is 339 g/mol. The molecule has 0 aromatic heterocycles. The predicted molar refractivity (Wildman–Crippen MR) is 84.1 cm³/mol. The standard InChI is InChI=1S/C15H18ClN3O2S/c1-11-9-18-6-2-3-13(18)10-19(11)22(20,21)14-4-5-15(16)12(7-14)8-17/h4-5,7,11,13H,2-3,6,9-10H2,1H3. The number of rotatable bonds is 2. The van der Waals surface area contributed by atoms with Crippen LogP contribution in [-0.2, 0) is 10.0 Å². The molecule has 0 N–H and O–H groups in total. The maximum atomic E-state index is 12.9. The van der Waals surface area contributed by atoms with Crippen molar-refractivity contribution in [3.63, 3.8) is 0 Å². The Labute approximate surface area is 136 Å². The fraction of sp³-hybridized carbons (Fsp3) is 0.533. The average molecular weight is 340 g/mol. The zero-order chi connectivity index (χ0) is 15.9. The Morgan fingerprint density at radius 1 is 1.36 bits per heavy atom. The van der Waals surface area contributed by atoms with Crippen LogP contribution in [0.5, 0.6) is 0 Å². The molecule has 0 amide bonds. The van der Waals surface area contributed by atoms with Crippen LogP contribution in [0.25, 0.3) is 0 Å². The Morgan fingerprint density at radius 3 is 2.86 bits per heavy atom. The molecule has 0 spiro atoms. The summed E-state index contributed by atoms with van der Waals surface area (Å²) < 4.78 is 27.4. The number of piperazine rings is 1. The Balaban J connectivity index is 1.94. The first-order chi connectivity index (χ1) is 10.4. The van der Waals surface area contributed by atoms with Gasteiger partial charge in [-0.05, 0) is 44.5 Å². The Morgan fingerprint density at radius 2 is 2.14 bits per heavy atom. The Kier molecular flexibility index (Phi) is 4.17. The highest BCUT2D eigenvalue weighted by atomic mass is 35.5. The van der Waals surface area contributed by atoms with Gasteiger partial charge in [0.05, 0.1) is 15.5 Å². The summed E-state index contributed by atoms with van der Waals surface area (Å²) in [5.74, 6) is 0. The lowest BCUT2D eigenvalue weighted by Crippen LogP contribution is -2.56. The maximum absolute atomic E-state index is 12.9. The van der Waals surface area contributed by atoms with Gasteiger partial charge in [-0.15, -0.1) is 0 Å². The van der Waals surface area contributed by atoms with Crippen molar-refractivity contribution in [2.45, 2.75) is 36.7 Å². The lowest BCUT2D eigenvalue weighted by molar-refractivity contribution is 0.117. The summed E-state index contributed by atoms with van der Waals surface area (Å²) in [4.78, 5) is 2.52. The fourth-order valence-corrected chi connectivity index (χ4v) is 5.23. The van der Waals surface area contributed by atoms with Crippen LogP contribution >= 0.6 is 11.6 Å². The minimum absolute atomic E-state index is 0.0689. The highest BCUT2D eigenvalue weighted by Crippen LogP contribution is 2.30. The first-order valence-electron chi connectivity index (χ1n) is 7.39. The number of hydrogen-bond donors (Lipinski definition) is 0. The zero-order valence-electron chi connectivity index (χ0n) is 12.4. The van der Waals surface area contributed by atoms with Crippen LogP contribution in [-0.4, -0.2) is 49.3 Å². The quantitative estimate of drug-likeness (QED) is 0.827. The van der Waals surface area contributed by atoms with E-state index in [-0.39, 0.29) is 21.5 Å². The first-order valence-corrected chi connectivity index (χ1v) is 9.21. The molecule has 1 aromatic carbocycles. The van der Waals surface area contributed by atoms with Crippen molar-refractivity contribution in [1.82, 2.24) is 9.21 Å². The second kappa shape index (κ2) is 5.82. The largest absolute Gasteiger partial charge is 0.297 e. The van der Waals surface area contributed by atoms with Crippen molar-refractivity contribution in [2.24, 2.45) is 0 Å². The van der Waals surface area contributed by atoms with Gasteiger partial charge in [-0.3, -0.25) is 4.90 Å². The zero-order valence-corrected chi connectivity index (χ0v) is 13.9. The number of sulfonamides is 1. The van der Waals surface area contributed by atoms with E-state index in [0.717, 1.165) is 25.9 Å². The minimum Gasteiger partial charge on any atom is -0.297 e. The Hall–Kier alpha value is -1.13. The van der Waals surface area contributed by atoms with Gasteiger partial charge in [-0.1, -0.05) is 11.6 Å². The van der Waals surface area contributed by atoms with Crippen LogP contribution in [0, 0.1) is 11.3 Å². The van der Waals surface area contributed by atoms with E-state index in [9.17, 15) is 8.42 Å². The second-order valence-electron chi connectivity index (χ2n) is 5.97. The summed E-state index contributed by atoms with van der Waals surface area (Å²) in [6.07, 6.45) is 2.17. The van der Waals surface area contributed by atoms with Gasteiger partial charge in [0.15, 0.2) is 0 Å². The molecule has 2 aliphatic heterocycles. The van der Waals surface area contributed by atoms with Crippen LogP contribution in [0.15, 0.2) is 23.1 Å². The second-order valence-corrected chi connectivity index (χ2v) is 8.27. The van der Waals surface area contributed by atoms with Gasteiger partial charge >= 0.3 is 0 Å². The molecule has 22 heavy (non-hydrogen) atoms. The van der Waals surface area contributed by atoms with E-state index < -0.39 is 10.0 Å². The van der Waals surface area contributed by atoms with Crippen molar-refractivity contribution in [3.8, 4) is 6.07 Å². The minimum atomic E-state index is -3.60. The number of nitriles is 1. The lowest BCUT2D eigenvalue weighted by Gasteiger charge is -2.41. The third-order valence-electron chi connectivity index (χ3n) is 4.54. The van der Waals surface area contributed by atoms with E-state index in [1.165, 1.54) is 18.2 Å². The molecule has 2 saturated heterocycles. The maximum Gasteiger partial charge on any atom is 0.243 e. The van der Waals surface area contributed by atoms with Crippen molar-refractivity contribution in [2.75, 3.05) is 19.6 Å². The lowest BCUT2D eigenvalue weighted by atomic mass is 10.1. The van der Waals surface area contributed by atoms with Crippen molar-refractivity contribution < 1.29 is 8.42 Å². The molecule has 2 atom stereocenters. The van der Waals surface area contributed by atoms with Gasteiger partial charge in [-0.25, -0.2) is 8.42 Å². The van der Waals surface area contributed by atoms with Gasteiger partial charge in [0.2, 0.25) is 10.0 Å². The van der Waals surface area contributed by atoms with Crippen LogP contribution in [0.4, 0.5) is 0 Å². The molecule has 1 aromatic rings. The molecular formula is C15H18ClN3O2S. The number of nitrogens with zero attached hydrogens (tertiary/aromatic N) is 3. The number of hydrogen-bond acceptors (Lipinski definition) is 4. The molecule has 3 rings (SSSR count). The van der Waals surface area contributed by atoms with Crippen LogP contribution in [0.3, 0.4) is 0 Å². The first kappa shape index (κ1) is 15.8. The normalized spacial score (nSPS) is 26.6. The van der Waals surface area contributed by atoms with Gasteiger partial charge in [0.1, 0.15) is 6.07 Å². The highest BCUT2D eigenvalue weighted by Gasteiger charge is 2.40. The molecule has 5 nitrogen and oxygen atoms in total. The van der Waals surface area contributed by atoms with Gasteiger partial charge in [0, 0.05) is 25.2 Å². The summed E-state index contributed by atoms with van der Waals surface area (Å²) in [7, 11) is -3.60. The van der Waals surface area contributed by atoms with Gasteiger partial charge in [0.25, 0.3) is 0 Å². The topological polar surface area (TPSA) is 64.4 Å². The van der Waals surface area contributed by atoms with E-state index in [1.807, 2.05) is 13.0 Å². The van der Waals surface area contributed by atoms with E-state index >= 15 is 0 Å². The van der Waals surface area contributed by atoms with Crippen molar-refractivity contribution in [3.05, 3.63) is 28.8 Å². The third kappa shape index (κ3) is 2.63. The number of benzene rings is 1. The van der Waals surface area contributed by atoms with E-state index in [4.69, 9.17) is 16.9 Å². The van der Waals surface area contributed by atoms with Crippen LogP contribution < -0.4 is 0 Å². The molecule has 7 heteroatoms. The number of halogens is 1. The van der Waals surface area contributed by atoms with Crippen molar-refractivity contribution >= 4 is 21.6 Å². The highest BCUT2D eigenvalue weighted by molar-refractivity contribution is 7.89. The molecule has 2 aliphatic rings. The third-order valence-corrected chi connectivity index (χ3v) is 6.85. The molecule has 118 valence electrons. The van der Waals surface area contributed by atoms with Crippen molar-refractivity contribution in [1.29, 1.82) is 5.26 Å². The smallest absolute Gasteiger partial charge is 0.243 e.